The summed E-state index contributed by atoms with van der Waals surface area (Å²) in [5, 5.41) is 2.90. The van der Waals surface area contributed by atoms with Crippen molar-refractivity contribution >= 4 is 27.5 Å². The summed E-state index contributed by atoms with van der Waals surface area (Å²) in [7, 11) is -2.38. The van der Waals surface area contributed by atoms with E-state index in [4.69, 9.17) is 11.6 Å². The monoisotopic (exact) mass is 316 g/mol. The Bertz CT molecular complexity index is 631. The summed E-state index contributed by atoms with van der Waals surface area (Å²) in [5.41, 5.74) is 0.288. The van der Waals surface area contributed by atoms with Gasteiger partial charge in [-0.2, -0.15) is 0 Å². The first-order valence-electron chi connectivity index (χ1n) is 6.36. The molecule has 0 radical (unpaired) electrons. The highest BCUT2D eigenvalue weighted by Gasteiger charge is 2.32. The molecule has 2 rings (SSSR count). The third kappa shape index (κ3) is 3.31. The molecule has 1 aromatic carbocycles. The summed E-state index contributed by atoms with van der Waals surface area (Å²) in [6.45, 7) is 2.76. The molecule has 2 N–H and O–H groups in total. The summed E-state index contributed by atoms with van der Waals surface area (Å²) >= 11 is 5.87. The van der Waals surface area contributed by atoms with Gasteiger partial charge in [-0.15, -0.1) is 0 Å². The number of hydrogen-bond donors (Lipinski definition) is 2. The Kier molecular flexibility index (Phi) is 4.36. The highest BCUT2D eigenvalue weighted by atomic mass is 35.5. The summed E-state index contributed by atoms with van der Waals surface area (Å²) < 4.78 is 25.8. The lowest BCUT2D eigenvalue weighted by Crippen LogP contribution is -2.26. The summed E-state index contributed by atoms with van der Waals surface area (Å²) in [6, 6.07) is 4.23. The van der Waals surface area contributed by atoms with E-state index >= 15 is 0 Å². The van der Waals surface area contributed by atoms with E-state index in [1.54, 1.807) is 0 Å². The highest BCUT2D eigenvalue weighted by Crippen LogP contribution is 2.36. The van der Waals surface area contributed by atoms with Crippen LogP contribution in [0.1, 0.15) is 23.7 Å². The SMILES string of the molecule is CNS(=O)(=O)c1cc(C(=O)NCC2CC2C)ccc1Cl. The zero-order chi connectivity index (χ0) is 14.9. The third-order valence-corrected chi connectivity index (χ3v) is 5.45. The molecule has 5 nitrogen and oxygen atoms in total. The van der Waals surface area contributed by atoms with Crippen molar-refractivity contribution in [2.24, 2.45) is 11.8 Å². The maximum atomic E-state index is 12.0. The lowest BCUT2D eigenvalue weighted by Gasteiger charge is -2.08. The molecule has 1 aromatic rings. The van der Waals surface area contributed by atoms with E-state index < -0.39 is 10.0 Å². The van der Waals surface area contributed by atoms with Gasteiger partial charge in [0.15, 0.2) is 0 Å². The number of benzene rings is 1. The first-order chi connectivity index (χ1) is 9.35. The van der Waals surface area contributed by atoms with Crippen LogP contribution in [0.25, 0.3) is 0 Å². The number of hydrogen-bond acceptors (Lipinski definition) is 3. The Labute approximate surface area is 123 Å². The fourth-order valence-corrected chi connectivity index (χ4v) is 3.22. The lowest BCUT2D eigenvalue weighted by molar-refractivity contribution is 0.0951. The quantitative estimate of drug-likeness (QED) is 0.867. The zero-order valence-corrected chi connectivity index (χ0v) is 12.9. The van der Waals surface area contributed by atoms with E-state index in [2.05, 4.69) is 17.0 Å². The van der Waals surface area contributed by atoms with Gasteiger partial charge in [0.2, 0.25) is 10.0 Å². The highest BCUT2D eigenvalue weighted by molar-refractivity contribution is 7.89. The molecule has 0 aliphatic heterocycles. The van der Waals surface area contributed by atoms with Crippen molar-refractivity contribution in [2.45, 2.75) is 18.2 Å². The predicted molar refractivity (Wildman–Crippen MR) is 77.3 cm³/mol. The molecule has 0 bridgehead atoms. The molecule has 1 aliphatic rings. The molecule has 1 aliphatic carbocycles. The van der Waals surface area contributed by atoms with E-state index in [-0.39, 0.29) is 21.4 Å². The second-order valence-electron chi connectivity index (χ2n) is 5.04. The van der Waals surface area contributed by atoms with Gasteiger partial charge in [0.1, 0.15) is 4.90 Å². The van der Waals surface area contributed by atoms with Crippen LogP contribution in [-0.4, -0.2) is 27.9 Å². The molecule has 1 amide bonds. The smallest absolute Gasteiger partial charge is 0.251 e. The van der Waals surface area contributed by atoms with E-state index in [1.807, 2.05) is 0 Å². The van der Waals surface area contributed by atoms with Crippen molar-refractivity contribution in [2.75, 3.05) is 13.6 Å². The maximum absolute atomic E-state index is 12.0. The number of halogens is 1. The number of sulfonamides is 1. The topological polar surface area (TPSA) is 75.3 Å². The molecule has 0 aromatic heterocycles. The maximum Gasteiger partial charge on any atom is 0.251 e. The minimum Gasteiger partial charge on any atom is -0.352 e. The molecular formula is C13H17ClN2O3S. The Morgan fingerprint density at radius 1 is 1.45 bits per heavy atom. The molecule has 2 unspecified atom stereocenters. The van der Waals surface area contributed by atoms with Crippen LogP contribution in [0.5, 0.6) is 0 Å². The standard InChI is InChI=1S/C13H17ClN2O3S/c1-8-5-10(8)7-16-13(17)9-3-4-11(14)12(6-9)20(18,19)15-2/h3-4,6,8,10,15H,5,7H2,1-2H3,(H,16,17). The van der Waals surface area contributed by atoms with Crippen molar-refractivity contribution in [3.05, 3.63) is 28.8 Å². The molecule has 1 saturated carbocycles. The molecule has 0 saturated heterocycles. The molecule has 110 valence electrons. The van der Waals surface area contributed by atoms with Gasteiger partial charge in [-0.05, 0) is 43.5 Å². The summed E-state index contributed by atoms with van der Waals surface area (Å²) in [5.74, 6) is 0.904. The number of nitrogens with one attached hydrogen (secondary N) is 2. The van der Waals surface area contributed by atoms with Gasteiger partial charge in [-0.3, -0.25) is 4.79 Å². The van der Waals surface area contributed by atoms with Crippen LogP contribution in [0, 0.1) is 11.8 Å². The van der Waals surface area contributed by atoms with E-state index in [0.717, 1.165) is 6.42 Å². The first kappa shape index (κ1) is 15.3. The van der Waals surface area contributed by atoms with Crippen LogP contribution in [0.4, 0.5) is 0 Å². The average Bonchev–Trinajstić information content (AvgIpc) is 3.12. The van der Waals surface area contributed by atoms with Gasteiger partial charge in [0.25, 0.3) is 5.91 Å². The molecule has 20 heavy (non-hydrogen) atoms. The van der Waals surface area contributed by atoms with E-state index in [9.17, 15) is 13.2 Å². The fraction of sp³-hybridized carbons (Fsp3) is 0.462. The molecular weight excluding hydrogens is 300 g/mol. The van der Waals surface area contributed by atoms with Crippen LogP contribution in [0.2, 0.25) is 5.02 Å². The first-order valence-corrected chi connectivity index (χ1v) is 8.22. The number of rotatable bonds is 5. The largest absolute Gasteiger partial charge is 0.352 e. The predicted octanol–water partition coefficient (Wildman–Crippen LogP) is 1.63. The van der Waals surface area contributed by atoms with Gasteiger partial charge in [-0.1, -0.05) is 18.5 Å². The molecule has 2 atom stereocenters. The van der Waals surface area contributed by atoms with Gasteiger partial charge in [0, 0.05) is 12.1 Å². The Morgan fingerprint density at radius 2 is 2.10 bits per heavy atom. The van der Waals surface area contributed by atoms with Crippen molar-refractivity contribution in [3.8, 4) is 0 Å². The normalized spacial score (nSPS) is 21.6. The van der Waals surface area contributed by atoms with Gasteiger partial charge in [-0.25, -0.2) is 13.1 Å². The van der Waals surface area contributed by atoms with Gasteiger partial charge >= 0.3 is 0 Å². The van der Waals surface area contributed by atoms with Gasteiger partial charge < -0.3 is 5.32 Å². The van der Waals surface area contributed by atoms with Crippen molar-refractivity contribution in [1.82, 2.24) is 10.0 Å². The number of amides is 1. The Hall–Kier alpha value is -1.11. The zero-order valence-electron chi connectivity index (χ0n) is 11.3. The Balaban J connectivity index is 2.16. The van der Waals surface area contributed by atoms with Crippen LogP contribution in [-0.2, 0) is 10.0 Å². The minimum atomic E-state index is -3.67. The van der Waals surface area contributed by atoms with E-state index in [0.29, 0.717) is 18.4 Å². The van der Waals surface area contributed by atoms with Crippen LogP contribution < -0.4 is 10.0 Å². The third-order valence-electron chi connectivity index (χ3n) is 3.55. The summed E-state index contributed by atoms with van der Waals surface area (Å²) in [6.07, 6.45) is 1.13. The van der Waals surface area contributed by atoms with E-state index in [1.165, 1.54) is 25.2 Å². The molecule has 7 heteroatoms. The second kappa shape index (κ2) is 5.71. The number of carbonyl (C=O) groups excluding carboxylic acids is 1. The van der Waals surface area contributed by atoms with Crippen molar-refractivity contribution in [1.29, 1.82) is 0 Å². The molecule has 0 heterocycles. The van der Waals surface area contributed by atoms with Crippen molar-refractivity contribution < 1.29 is 13.2 Å². The van der Waals surface area contributed by atoms with Crippen LogP contribution >= 0.6 is 11.6 Å². The van der Waals surface area contributed by atoms with Gasteiger partial charge in [0.05, 0.1) is 5.02 Å². The lowest BCUT2D eigenvalue weighted by atomic mass is 10.2. The summed E-state index contributed by atoms with van der Waals surface area (Å²) in [4.78, 5) is 11.9. The van der Waals surface area contributed by atoms with Crippen molar-refractivity contribution in [3.63, 3.8) is 0 Å². The Morgan fingerprint density at radius 3 is 2.65 bits per heavy atom. The molecule has 1 fully saturated rings. The van der Waals surface area contributed by atoms with Crippen LogP contribution in [0.15, 0.2) is 23.1 Å². The second-order valence-corrected chi connectivity index (χ2v) is 7.30. The number of carbonyl (C=O) groups is 1. The van der Waals surface area contributed by atoms with Crippen LogP contribution in [0.3, 0.4) is 0 Å². The molecule has 0 spiro atoms. The average molecular weight is 317 g/mol. The fourth-order valence-electron chi connectivity index (χ4n) is 1.97. The minimum absolute atomic E-state index is 0.0888.